The summed E-state index contributed by atoms with van der Waals surface area (Å²) in [5, 5.41) is 0. The Hall–Kier alpha value is -3.79. The number of aromatic nitrogens is 2. The summed E-state index contributed by atoms with van der Waals surface area (Å²) in [6, 6.07) is 2.43. The molecule has 13 heteroatoms. The number of thiol groups is 1. The van der Waals surface area contributed by atoms with Crippen molar-refractivity contribution in [3.05, 3.63) is 52.6 Å². The van der Waals surface area contributed by atoms with Gasteiger partial charge in [-0.2, -0.15) is 0 Å². The zero-order valence-electron chi connectivity index (χ0n) is 20.1. The smallest absolute Gasteiger partial charge is 0.282 e. The third-order valence-electron chi connectivity index (χ3n) is 5.73. The second-order valence-corrected chi connectivity index (χ2v) is 9.27. The molecule has 1 aliphatic carbocycles. The number of pyridine rings is 2. The van der Waals surface area contributed by atoms with E-state index in [-0.39, 0.29) is 34.6 Å². The number of methoxy groups -OCH3 is 1. The molecule has 2 amide bonds. The van der Waals surface area contributed by atoms with Crippen LogP contribution in [0.2, 0.25) is 0 Å². The first kappa shape index (κ1) is 27.3. The highest BCUT2D eigenvalue weighted by Crippen LogP contribution is 2.35. The minimum Gasteiger partial charge on any atom is -0.494 e. The Labute approximate surface area is 221 Å². The van der Waals surface area contributed by atoms with Crippen molar-refractivity contribution >= 4 is 24.4 Å². The van der Waals surface area contributed by atoms with Gasteiger partial charge < -0.3 is 15.1 Å². The summed E-state index contributed by atoms with van der Waals surface area (Å²) in [5.41, 5.74) is 4.81. The van der Waals surface area contributed by atoms with Gasteiger partial charge in [0.2, 0.25) is 5.91 Å². The summed E-state index contributed by atoms with van der Waals surface area (Å²) in [6.07, 6.45) is 2.51. The van der Waals surface area contributed by atoms with Crippen molar-refractivity contribution in [2.75, 3.05) is 20.2 Å². The van der Waals surface area contributed by atoms with E-state index < -0.39 is 42.9 Å². The van der Waals surface area contributed by atoms with Gasteiger partial charge in [0.25, 0.3) is 18.3 Å². The van der Waals surface area contributed by atoms with Crippen LogP contribution in [-0.4, -0.2) is 52.8 Å². The zero-order chi connectivity index (χ0) is 27.4. The molecule has 8 nitrogen and oxygen atoms in total. The Morgan fingerprint density at radius 3 is 2.61 bits per heavy atom. The highest BCUT2D eigenvalue weighted by Gasteiger charge is 2.46. The van der Waals surface area contributed by atoms with Crippen LogP contribution in [0.4, 0.5) is 17.6 Å². The number of halogens is 4. The summed E-state index contributed by atoms with van der Waals surface area (Å²) in [6.45, 7) is -1.38. The van der Waals surface area contributed by atoms with E-state index in [2.05, 4.69) is 45.3 Å². The highest BCUT2D eigenvalue weighted by atomic mass is 32.1. The standard InChI is InChI=1S/C25H23F4N5O3S/c1-37-21-11-31-20(23(26)27)8-18(21)17-6-15(7-22(35)34-12-25(28,29)13-34)30-10-19(17)24(36)33-32-9-16(38)5-4-14-2-3-14/h6,8-11,14,23,32,38H,2-3,7,12-13H2,1H3,(H,33,36)/b16-9-. The van der Waals surface area contributed by atoms with Gasteiger partial charge in [-0.3, -0.25) is 25.0 Å². The Morgan fingerprint density at radius 2 is 1.97 bits per heavy atom. The van der Waals surface area contributed by atoms with Crippen molar-refractivity contribution in [1.29, 1.82) is 0 Å². The lowest BCUT2D eigenvalue weighted by molar-refractivity contribution is -0.165. The number of hydrazine groups is 1. The van der Waals surface area contributed by atoms with Crippen molar-refractivity contribution in [1.82, 2.24) is 25.7 Å². The Morgan fingerprint density at radius 1 is 1.24 bits per heavy atom. The number of likely N-dealkylation sites (tertiary alicyclic amines) is 1. The molecule has 0 aromatic carbocycles. The van der Waals surface area contributed by atoms with Gasteiger partial charge in [0, 0.05) is 29.4 Å². The molecule has 0 radical (unpaired) electrons. The molecule has 200 valence electrons. The van der Waals surface area contributed by atoms with E-state index in [0.29, 0.717) is 10.8 Å². The minimum absolute atomic E-state index is 0.0351. The molecule has 2 aromatic rings. The Balaban J connectivity index is 1.62. The van der Waals surface area contributed by atoms with Gasteiger partial charge >= 0.3 is 0 Å². The van der Waals surface area contributed by atoms with Crippen molar-refractivity contribution in [3.8, 4) is 28.7 Å². The molecule has 1 aliphatic heterocycles. The second-order valence-electron chi connectivity index (χ2n) is 8.79. The molecule has 0 spiro atoms. The summed E-state index contributed by atoms with van der Waals surface area (Å²) in [5.74, 6) is 2.13. The van der Waals surface area contributed by atoms with E-state index in [0.717, 1.165) is 30.0 Å². The van der Waals surface area contributed by atoms with Crippen LogP contribution in [0.3, 0.4) is 0 Å². The van der Waals surface area contributed by atoms with Crippen LogP contribution in [0.25, 0.3) is 11.1 Å². The number of carbonyl (C=O) groups is 2. The lowest BCUT2D eigenvalue weighted by Crippen LogP contribution is -2.58. The van der Waals surface area contributed by atoms with Gasteiger partial charge in [-0.25, -0.2) is 17.6 Å². The third-order valence-corrected chi connectivity index (χ3v) is 5.97. The maximum Gasteiger partial charge on any atom is 0.282 e. The number of rotatable bonds is 8. The number of nitrogens with zero attached hydrogens (tertiary/aromatic N) is 3. The third kappa shape index (κ3) is 6.74. The molecule has 1 saturated carbocycles. The Bertz CT molecular complexity index is 1330. The van der Waals surface area contributed by atoms with Crippen molar-refractivity contribution in [2.24, 2.45) is 5.92 Å². The molecule has 2 N–H and O–H groups in total. The quantitative estimate of drug-likeness (QED) is 0.202. The molecule has 38 heavy (non-hydrogen) atoms. The largest absolute Gasteiger partial charge is 0.494 e. The first-order chi connectivity index (χ1) is 18.1. The van der Waals surface area contributed by atoms with Crippen molar-refractivity contribution < 1.29 is 31.9 Å². The average Bonchev–Trinajstić information content (AvgIpc) is 3.70. The lowest BCUT2D eigenvalue weighted by atomic mass is 9.98. The first-order valence-electron chi connectivity index (χ1n) is 11.5. The molecule has 0 bridgehead atoms. The summed E-state index contributed by atoms with van der Waals surface area (Å²) < 4.78 is 58.5. The predicted molar refractivity (Wildman–Crippen MR) is 132 cm³/mol. The molecule has 2 aliphatic rings. The van der Waals surface area contributed by atoms with E-state index in [1.54, 1.807) is 0 Å². The number of amides is 2. The number of hydrogen-bond donors (Lipinski definition) is 3. The fraction of sp³-hybridized carbons (Fsp3) is 0.360. The monoisotopic (exact) mass is 549 g/mol. The van der Waals surface area contributed by atoms with Gasteiger partial charge in [0.1, 0.15) is 11.4 Å². The average molecular weight is 550 g/mol. The fourth-order valence-corrected chi connectivity index (χ4v) is 3.71. The summed E-state index contributed by atoms with van der Waals surface area (Å²) in [4.78, 5) is 34.6. The zero-order valence-corrected chi connectivity index (χ0v) is 21.0. The maximum atomic E-state index is 13.4. The number of allylic oxidation sites excluding steroid dienone is 1. The first-order valence-corrected chi connectivity index (χ1v) is 11.9. The molecule has 2 fully saturated rings. The van der Waals surface area contributed by atoms with Crippen LogP contribution in [0.15, 0.2) is 35.6 Å². The van der Waals surface area contributed by atoms with Crippen LogP contribution in [0.5, 0.6) is 5.75 Å². The number of nitrogens with one attached hydrogen (secondary N) is 2. The van der Waals surface area contributed by atoms with Gasteiger partial charge in [-0.1, -0.05) is 11.8 Å². The number of hydrogen-bond acceptors (Lipinski definition) is 7. The van der Waals surface area contributed by atoms with Crippen molar-refractivity contribution in [3.63, 3.8) is 0 Å². The van der Waals surface area contributed by atoms with Crippen molar-refractivity contribution in [2.45, 2.75) is 31.6 Å². The van der Waals surface area contributed by atoms with Crippen LogP contribution < -0.4 is 15.6 Å². The molecule has 3 heterocycles. The molecule has 1 saturated heterocycles. The summed E-state index contributed by atoms with van der Waals surface area (Å²) in [7, 11) is 1.31. The molecule has 0 atom stereocenters. The maximum absolute atomic E-state index is 13.4. The summed E-state index contributed by atoms with van der Waals surface area (Å²) >= 11 is 4.23. The molecule has 4 rings (SSSR count). The van der Waals surface area contributed by atoms with Crippen LogP contribution >= 0.6 is 12.6 Å². The number of carbonyl (C=O) groups excluding carboxylic acids is 2. The Kier molecular flexibility index (Phi) is 8.11. The molecule has 0 unspecified atom stereocenters. The predicted octanol–water partition coefficient (Wildman–Crippen LogP) is 3.53. The van der Waals surface area contributed by atoms with Crippen LogP contribution in [-0.2, 0) is 11.2 Å². The molecule has 2 aromatic heterocycles. The van der Waals surface area contributed by atoms with E-state index in [1.165, 1.54) is 25.6 Å². The van der Waals surface area contributed by atoms with Gasteiger partial charge in [-0.05, 0) is 25.0 Å². The van der Waals surface area contributed by atoms with Gasteiger partial charge in [0.05, 0.1) is 49.0 Å². The van der Waals surface area contributed by atoms with E-state index in [1.807, 2.05) is 0 Å². The van der Waals surface area contributed by atoms with Crippen LogP contribution in [0, 0.1) is 17.8 Å². The lowest BCUT2D eigenvalue weighted by Gasteiger charge is -2.38. The fourth-order valence-electron chi connectivity index (χ4n) is 3.58. The van der Waals surface area contributed by atoms with E-state index >= 15 is 0 Å². The van der Waals surface area contributed by atoms with Gasteiger partial charge in [0.15, 0.2) is 0 Å². The SMILES string of the molecule is COc1cnc(C(F)F)cc1-c1cc(CC(=O)N2CC(F)(F)C2)ncc1C(=O)NN/C=C(\S)C#CC1CC1. The number of alkyl halides is 4. The number of ether oxygens (including phenoxy) is 1. The normalized spacial score (nSPS) is 16.3. The van der Waals surface area contributed by atoms with Crippen LogP contribution in [0.1, 0.15) is 41.0 Å². The van der Waals surface area contributed by atoms with Gasteiger partial charge in [-0.15, -0.1) is 12.6 Å². The molecular weight excluding hydrogens is 526 g/mol. The topological polar surface area (TPSA) is 96.5 Å². The van der Waals surface area contributed by atoms with E-state index in [9.17, 15) is 27.2 Å². The highest BCUT2D eigenvalue weighted by molar-refractivity contribution is 7.84. The molecular formula is C25H23F4N5O3S. The second kappa shape index (κ2) is 11.3. The van der Waals surface area contributed by atoms with E-state index in [4.69, 9.17) is 4.74 Å². The minimum atomic E-state index is -2.93.